The molecule has 0 spiro atoms. The fraction of sp³-hybridized carbons (Fsp3) is 0.625. The summed E-state index contributed by atoms with van der Waals surface area (Å²) in [7, 11) is 1.56. The van der Waals surface area contributed by atoms with Crippen molar-refractivity contribution in [1.82, 2.24) is 10.2 Å². The number of nitrogens with one attached hydrogen (secondary N) is 1. The monoisotopic (exact) mass is 280 g/mol. The topological polar surface area (TPSA) is 24.5 Å². The van der Waals surface area contributed by atoms with Crippen LogP contribution in [0.3, 0.4) is 0 Å². The van der Waals surface area contributed by atoms with Gasteiger partial charge in [-0.3, -0.25) is 4.90 Å². The van der Waals surface area contributed by atoms with Crippen molar-refractivity contribution >= 4 is 0 Å². The maximum absolute atomic E-state index is 14.1. The van der Waals surface area contributed by atoms with E-state index < -0.39 is 0 Å². The van der Waals surface area contributed by atoms with Crippen molar-refractivity contribution in [2.24, 2.45) is 0 Å². The van der Waals surface area contributed by atoms with E-state index >= 15 is 0 Å². The third kappa shape index (κ3) is 3.70. The van der Waals surface area contributed by atoms with E-state index in [2.05, 4.69) is 31.0 Å². The smallest absolute Gasteiger partial charge is 0.131 e. The van der Waals surface area contributed by atoms with Crippen molar-refractivity contribution < 1.29 is 9.13 Å². The van der Waals surface area contributed by atoms with Crippen molar-refractivity contribution in [3.63, 3.8) is 0 Å². The number of halogens is 1. The Kier molecular flexibility index (Phi) is 4.66. The lowest BCUT2D eigenvalue weighted by atomic mass is 10.0. The predicted molar refractivity (Wildman–Crippen MR) is 79.5 cm³/mol. The lowest BCUT2D eigenvalue weighted by molar-refractivity contribution is 0.171. The summed E-state index contributed by atoms with van der Waals surface area (Å²) in [6, 6.07) is 5.56. The van der Waals surface area contributed by atoms with Crippen LogP contribution in [0.5, 0.6) is 5.75 Å². The summed E-state index contributed by atoms with van der Waals surface area (Å²) in [5.74, 6) is 0.378. The Bertz CT molecular complexity index is 462. The van der Waals surface area contributed by atoms with Crippen LogP contribution in [0.1, 0.15) is 32.8 Å². The summed E-state index contributed by atoms with van der Waals surface area (Å²) < 4.78 is 19.1. The van der Waals surface area contributed by atoms with E-state index in [0.29, 0.717) is 18.3 Å². The molecule has 1 aliphatic heterocycles. The molecule has 0 radical (unpaired) electrons. The summed E-state index contributed by atoms with van der Waals surface area (Å²) in [4.78, 5) is 2.35. The second-order valence-electron chi connectivity index (χ2n) is 6.31. The lowest BCUT2D eigenvalue weighted by Crippen LogP contribution is -2.47. The fourth-order valence-corrected chi connectivity index (χ4v) is 2.74. The molecule has 1 aromatic carbocycles. The van der Waals surface area contributed by atoms with E-state index in [4.69, 9.17) is 4.74 Å². The molecule has 1 heterocycles. The largest absolute Gasteiger partial charge is 0.497 e. The highest BCUT2D eigenvalue weighted by Gasteiger charge is 2.28. The molecule has 20 heavy (non-hydrogen) atoms. The van der Waals surface area contributed by atoms with Gasteiger partial charge in [0.05, 0.1) is 7.11 Å². The summed E-state index contributed by atoms with van der Waals surface area (Å²) >= 11 is 0. The van der Waals surface area contributed by atoms with Crippen LogP contribution < -0.4 is 10.1 Å². The number of nitrogens with zero attached hydrogens (tertiary/aromatic N) is 1. The highest BCUT2D eigenvalue weighted by atomic mass is 19.1. The maximum atomic E-state index is 14.1. The van der Waals surface area contributed by atoms with Crippen molar-refractivity contribution in [3.8, 4) is 5.75 Å². The fourth-order valence-electron chi connectivity index (χ4n) is 2.74. The Morgan fingerprint density at radius 1 is 1.45 bits per heavy atom. The summed E-state index contributed by atoms with van der Waals surface area (Å²) in [6.07, 6.45) is 1.08. The quantitative estimate of drug-likeness (QED) is 0.921. The number of rotatable bonds is 3. The summed E-state index contributed by atoms with van der Waals surface area (Å²) in [5.41, 5.74) is 0.795. The molecule has 112 valence electrons. The van der Waals surface area contributed by atoms with E-state index in [1.54, 1.807) is 7.11 Å². The van der Waals surface area contributed by atoms with E-state index in [1.165, 1.54) is 6.07 Å². The van der Waals surface area contributed by atoms with Crippen molar-refractivity contribution in [2.45, 2.75) is 45.3 Å². The summed E-state index contributed by atoms with van der Waals surface area (Å²) in [6.45, 7) is 9.17. The Balaban J connectivity index is 2.14. The molecule has 4 heteroatoms. The van der Waals surface area contributed by atoms with Gasteiger partial charge in [-0.05, 0) is 39.8 Å². The van der Waals surface area contributed by atoms with Crippen LogP contribution in [0.15, 0.2) is 18.2 Å². The van der Waals surface area contributed by atoms with Crippen LogP contribution in [-0.2, 0) is 6.54 Å². The molecule has 1 N–H and O–H groups in total. The number of ether oxygens (including phenoxy) is 1. The number of methoxy groups -OCH3 is 1. The standard InChI is InChI=1S/C16H25FN2O/c1-12-7-8-18-16(2,3)11-19(12)10-13-5-6-14(20-4)9-15(13)17/h5-6,9,12,18H,7-8,10-11H2,1-4H3. The lowest BCUT2D eigenvalue weighted by Gasteiger charge is -2.33. The number of hydrogen-bond acceptors (Lipinski definition) is 3. The third-order valence-corrected chi connectivity index (χ3v) is 4.02. The van der Waals surface area contributed by atoms with Crippen LogP contribution in [0.2, 0.25) is 0 Å². The Labute approximate surface area is 121 Å². The molecule has 0 aromatic heterocycles. The first kappa shape index (κ1) is 15.3. The van der Waals surface area contributed by atoms with E-state index in [0.717, 1.165) is 25.1 Å². The van der Waals surface area contributed by atoms with Crippen LogP contribution in [0, 0.1) is 5.82 Å². The van der Waals surface area contributed by atoms with Gasteiger partial charge in [-0.15, -0.1) is 0 Å². The average Bonchev–Trinajstić information content (AvgIpc) is 2.51. The zero-order chi connectivity index (χ0) is 14.8. The Morgan fingerprint density at radius 2 is 2.20 bits per heavy atom. The van der Waals surface area contributed by atoms with Crippen molar-refractivity contribution in [2.75, 3.05) is 20.2 Å². The zero-order valence-corrected chi connectivity index (χ0v) is 12.9. The first-order valence-electron chi connectivity index (χ1n) is 7.23. The van der Waals surface area contributed by atoms with Crippen LogP contribution in [0.4, 0.5) is 4.39 Å². The molecule has 2 rings (SSSR count). The second-order valence-corrected chi connectivity index (χ2v) is 6.31. The van der Waals surface area contributed by atoms with Crippen LogP contribution >= 0.6 is 0 Å². The molecule has 1 atom stereocenters. The molecule has 1 saturated heterocycles. The SMILES string of the molecule is COc1ccc(CN2CC(C)(C)NCCC2C)c(F)c1. The molecule has 0 aliphatic carbocycles. The minimum Gasteiger partial charge on any atom is -0.497 e. The van der Waals surface area contributed by atoms with Gasteiger partial charge in [-0.2, -0.15) is 0 Å². The highest BCUT2D eigenvalue weighted by molar-refractivity contribution is 5.29. The van der Waals surface area contributed by atoms with E-state index in [-0.39, 0.29) is 11.4 Å². The van der Waals surface area contributed by atoms with E-state index in [1.807, 2.05) is 12.1 Å². The van der Waals surface area contributed by atoms with Gasteiger partial charge in [0.25, 0.3) is 0 Å². The van der Waals surface area contributed by atoms with Gasteiger partial charge >= 0.3 is 0 Å². The molecular weight excluding hydrogens is 255 g/mol. The molecule has 1 unspecified atom stereocenters. The van der Waals surface area contributed by atoms with Crippen molar-refractivity contribution in [1.29, 1.82) is 0 Å². The van der Waals surface area contributed by atoms with Crippen molar-refractivity contribution in [3.05, 3.63) is 29.6 Å². The van der Waals surface area contributed by atoms with Gasteiger partial charge in [0.2, 0.25) is 0 Å². The van der Waals surface area contributed by atoms with Gasteiger partial charge in [0.15, 0.2) is 0 Å². The average molecular weight is 280 g/mol. The van der Waals surface area contributed by atoms with Crippen LogP contribution in [0.25, 0.3) is 0 Å². The second kappa shape index (κ2) is 6.10. The number of hydrogen-bond donors (Lipinski definition) is 1. The molecule has 1 aliphatic rings. The van der Waals surface area contributed by atoms with Gasteiger partial charge < -0.3 is 10.1 Å². The molecular formula is C16H25FN2O. The predicted octanol–water partition coefficient (Wildman–Crippen LogP) is 2.80. The van der Waals surface area contributed by atoms with Gasteiger partial charge in [-0.1, -0.05) is 6.07 Å². The van der Waals surface area contributed by atoms with Gasteiger partial charge in [0, 0.05) is 36.3 Å². The molecule has 1 fully saturated rings. The summed E-state index contributed by atoms with van der Waals surface area (Å²) in [5, 5.41) is 3.54. The molecule has 0 saturated carbocycles. The normalized spacial score (nSPS) is 23.4. The molecule has 1 aromatic rings. The number of benzene rings is 1. The maximum Gasteiger partial charge on any atom is 0.131 e. The van der Waals surface area contributed by atoms with Gasteiger partial charge in [-0.25, -0.2) is 4.39 Å². The van der Waals surface area contributed by atoms with E-state index in [9.17, 15) is 4.39 Å². The minimum absolute atomic E-state index is 0.0632. The molecule has 0 amide bonds. The third-order valence-electron chi connectivity index (χ3n) is 4.02. The minimum atomic E-state index is -0.188. The first-order chi connectivity index (χ1) is 9.41. The zero-order valence-electron chi connectivity index (χ0n) is 12.9. The first-order valence-corrected chi connectivity index (χ1v) is 7.23. The molecule has 3 nitrogen and oxygen atoms in total. The Hall–Kier alpha value is -1.13. The van der Waals surface area contributed by atoms with Crippen LogP contribution in [-0.4, -0.2) is 36.7 Å². The molecule has 0 bridgehead atoms. The Morgan fingerprint density at radius 3 is 2.85 bits per heavy atom. The van der Waals surface area contributed by atoms with Gasteiger partial charge in [0.1, 0.15) is 11.6 Å². The highest BCUT2D eigenvalue weighted by Crippen LogP contribution is 2.22.